The fourth-order valence-corrected chi connectivity index (χ4v) is 3.32. The van der Waals surface area contributed by atoms with Crippen molar-refractivity contribution >= 4 is 11.7 Å². The molecule has 0 spiro atoms. The number of anilines is 1. The van der Waals surface area contributed by atoms with E-state index in [9.17, 15) is 4.79 Å². The molecule has 132 valence electrons. The highest BCUT2D eigenvalue weighted by Crippen LogP contribution is 2.32. The number of nitrogens with two attached hydrogens (primary N) is 2. The Morgan fingerprint density at radius 1 is 1.44 bits per heavy atom. The van der Waals surface area contributed by atoms with Gasteiger partial charge in [-0.25, -0.2) is 10.8 Å². The van der Waals surface area contributed by atoms with E-state index < -0.39 is 0 Å². The van der Waals surface area contributed by atoms with Crippen molar-refractivity contribution in [3.63, 3.8) is 0 Å². The van der Waals surface area contributed by atoms with Crippen LogP contribution in [0.25, 0.3) is 11.3 Å². The van der Waals surface area contributed by atoms with Gasteiger partial charge in [-0.2, -0.15) is 5.10 Å². The van der Waals surface area contributed by atoms with Crippen molar-refractivity contribution in [1.82, 2.24) is 19.8 Å². The van der Waals surface area contributed by atoms with Crippen molar-refractivity contribution in [1.29, 1.82) is 0 Å². The molecule has 1 amide bonds. The highest BCUT2D eigenvalue weighted by Gasteiger charge is 2.31. The number of pyridine rings is 1. The highest BCUT2D eigenvalue weighted by molar-refractivity contribution is 6.03. The van der Waals surface area contributed by atoms with Crippen LogP contribution < -0.4 is 16.9 Å². The number of hydrazine groups is 1. The number of rotatable bonds is 3. The molecule has 2 aromatic rings. The monoisotopic (exact) mass is 343 g/mol. The molecule has 0 aliphatic carbocycles. The third-order valence-corrected chi connectivity index (χ3v) is 4.63. The molecule has 2 atom stereocenters. The first-order chi connectivity index (χ1) is 12.0. The van der Waals surface area contributed by atoms with Crippen LogP contribution >= 0.6 is 0 Å². The average molecular weight is 343 g/mol. The molecule has 2 aromatic heterocycles. The first kappa shape index (κ1) is 16.0. The molecule has 2 aliphatic heterocycles. The van der Waals surface area contributed by atoms with E-state index in [1.807, 2.05) is 19.3 Å². The zero-order valence-electron chi connectivity index (χ0n) is 14.0. The number of carbonyl (C=O) groups is 1. The summed E-state index contributed by atoms with van der Waals surface area (Å²) in [4.78, 5) is 17.1. The van der Waals surface area contributed by atoms with E-state index >= 15 is 0 Å². The van der Waals surface area contributed by atoms with Crippen LogP contribution in [0.15, 0.2) is 18.5 Å². The largest absolute Gasteiger partial charge is 0.380 e. The fraction of sp³-hybridized carbons (Fsp3) is 0.438. The molecule has 5 N–H and O–H groups in total. The SMILES string of the molecule is Cn1cc(-c2nc(N[C@@H]3CCOC[C@@H]3N)cc3c2C(=O)N(N)C3)cn1. The van der Waals surface area contributed by atoms with Gasteiger partial charge >= 0.3 is 0 Å². The van der Waals surface area contributed by atoms with Crippen molar-refractivity contribution in [2.24, 2.45) is 18.6 Å². The quantitative estimate of drug-likeness (QED) is 0.522. The first-order valence-corrected chi connectivity index (χ1v) is 8.22. The third kappa shape index (κ3) is 2.86. The van der Waals surface area contributed by atoms with E-state index in [1.54, 1.807) is 10.9 Å². The summed E-state index contributed by atoms with van der Waals surface area (Å²) in [6, 6.07) is 1.85. The van der Waals surface area contributed by atoms with E-state index in [0.29, 0.717) is 36.8 Å². The predicted octanol–water partition coefficient (Wildman–Crippen LogP) is -0.160. The summed E-state index contributed by atoms with van der Waals surface area (Å²) < 4.78 is 7.06. The maximum Gasteiger partial charge on any atom is 0.270 e. The van der Waals surface area contributed by atoms with Gasteiger partial charge in [-0.1, -0.05) is 0 Å². The second kappa shape index (κ2) is 6.10. The number of nitrogens with zero attached hydrogens (tertiary/aromatic N) is 4. The van der Waals surface area contributed by atoms with Crippen molar-refractivity contribution in [2.45, 2.75) is 25.0 Å². The second-order valence-corrected chi connectivity index (χ2v) is 6.50. The van der Waals surface area contributed by atoms with Gasteiger partial charge in [0.25, 0.3) is 5.91 Å². The summed E-state index contributed by atoms with van der Waals surface area (Å²) in [5.74, 6) is 6.27. The molecule has 4 heterocycles. The van der Waals surface area contributed by atoms with Gasteiger partial charge < -0.3 is 15.8 Å². The Bertz CT molecular complexity index is 819. The second-order valence-electron chi connectivity index (χ2n) is 6.50. The third-order valence-electron chi connectivity index (χ3n) is 4.63. The van der Waals surface area contributed by atoms with E-state index in [1.165, 1.54) is 5.01 Å². The van der Waals surface area contributed by atoms with Crippen LogP contribution in [-0.2, 0) is 18.3 Å². The van der Waals surface area contributed by atoms with Crippen molar-refractivity contribution in [2.75, 3.05) is 18.5 Å². The Morgan fingerprint density at radius 3 is 3.00 bits per heavy atom. The molecule has 0 saturated carbocycles. The lowest BCUT2D eigenvalue weighted by Crippen LogP contribution is -2.47. The van der Waals surface area contributed by atoms with Crippen LogP contribution in [0, 0.1) is 0 Å². The fourth-order valence-electron chi connectivity index (χ4n) is 3.32. The Morgan fingerprint density at radius 2 is 2.28 bits per heavy atom. The number of hydrogen-bond acceptors (Lipinski definition) is 7. The molecule has 1 saturated heterocycles. The van der Waals surface area contributed by atoms with Crippen LogP contribution in [-0.4, -0.2) is 51.0 Å². The van der Waals surface area contributed by atoms with Gasteiger partial charge in [0.05, 0.1) is 30.6 Å². The molecule has 0 aromatic carbocycles. The maximum absolute atomic E-state index is 12.4. The molecule has 1 fully saturated rings. The van der Waals surface area contributed by atoms with Gasteiger partial charge in [-0.05, 0) is 18.1 Å². The molecule has 0 bridgehead atoms. The van der Waals surface area contributed by atoms with Gasteiger partial charge in [0.15, 0.2) is 0 Å². The zero-order chi connectivity index (χ0) is 17.6. The maximum atomic E-state index is 12.4. The van der Waals surface area contributed by atoms with E-state index in [0.717, 1.165) is 17.5 Å². The standard InChI is InChI=1S/C16H21N7O2/c1-22-6-10(5-19-22)15-14-9(7-23(18)16(14)24)4-13(21-15)20-12-2-3-25-8-11(12)17/h4-6,11-12H,2-3,7-8,17-18H2,1H3,(H,20,21)/t11-,12+/m0/s1. The predicted molar refractivity (Wildman–Crippen MR) is 91.3 cm³/mol. The molecule has 0 radical (unpaired) electrons. The molecular weight excluding hydrogens is 322 g/mol. The molecule has 9 heteroatoms. The molecule has 9 nitrogen and oxygen atoms in total. The summed E-state index contributed by atoms with van der Waals surface area (Å²) in [5.41, 5.74) is 8.89. The van der Waals surface area contributed by atoms with Gasteiger partial charge in [-0.3, -0.25) is 14.5 Å². The van der Waals surface area contributed by atoms with Crippen molar-refractivity contribution < 1.29 is 9.53 Å². The number of amides is 1. The van der Waals surface area contributed by atoms with Crippen LogP contribution in [0.5, 0.6) is 0 Å². The summed E-state index contributed by atoms with van der Waals surface area (Å²) in [5, 5.41) is 8.78. The topological polar surface area (TPSA) is 124 Å². The van der Waals surface area contributed by atoms with Crippen LogP contribution in [0.3, 0.4) is 0 Å². The van der Waals surface area contributed by atoms with Crippen molar-refractivity contribution in [3.05, 3.63) is 29.6 Å². The normalized spacial score (nSPS) is 23.0. The molecule has 2 aliphatic rings. The van der Waals surface area contributed by atoms with Crippen molar-refractivity contribution in [3.8, 4) is 11.3 Å². The number of nitrogens with one attached hydrogen (secondary N) is 1. The molecule has 25 heavy (non-hydrogen) atoms. The Labute approximate surface area is 144 Å². The number of aryl methyl sites for hydroxylation is 1. The number of aromatic nitrogens is 3. The summed E-state index contributed by atoms with van der Waals surface area (Å²) in [6.07, 6.45) is 4.34. The minimum atomic E-state index is -0.226. The number of fused-ring (bicyclic) bond motifs is 1. The molecular formula is C16H21N7O2. The lowest BCUT2D eigenvalue weighted by Gasteiger charge is -2.30. The highest BCUT2D eigenvalue weighted by atomic mass is 16.5. The first-order valence-electron chi connectivity index (χ1n) is 8.22. The lowest BCUT2D eigenvalue weighted by atomic mass is 10.0. The minimum Gasteiger partial charge on any atom is -0.380 e. The van der Waals surface area contributed by atoms with E-state index in [2.05, 4.69) is 15.4 Å². The number of carbonyl (C=O) groups excluding carboxylic acids is 1. The Kier molecular flexibility index (Phi) is 3.91. The van der Waals surface area contributed by atoms with E-state index in [4.69, 9.17) is 16.3 Å². The Balaban J connectivity index is 1.74. The molecule has 0 unspecified atom stereocenters. The van der Waals surface area contributed by atoms with E-state index in [-0.39, 0.29) is 18.0 Å². The average Bonchev–Trinajstić information content (AvgIpc) is 3.13. The summed E-state index contributed by atoms with van der Waals surface area (Å²) in [7, 11) is 1.82. The van der Waals surface area contributed by atoms with Gasteiger partial charge in [0, 0.05) is 37.5 Å². The smallest absolute Gasteiger partial charge is 0.270 e. The van der Waals surface area contributed by atoms with Crippen LogP contribution in [0.1, 0.15) is 22.3 Å². The van der Waals surface area contributed by atoms with Gasteiger partial charge in [-0.15, -0.1) is 0 Å². The number of hydrogen-bond donors (Lipinski definition) is 3. The van der Waals surface area contributed by atoms with Gasteiger partial charge in [0.2, 0.25) is 0 Å². The van der Waals surface area contributed by atoms with Gasteiger partial charge in [0.1, 0.15) is 5.82 Å². The summed E-state index contributed by atoms with van der Waals surface area (Å²) in [6.45, 7) is 1.55. The minimum absolute atomic E-state index is 0.0760. The number of ether oxygens (including phenoxy) is 1. The van der Waals surface area contributed by atoms with Crippen LogP contribution in [0.2, 0.25) is 0 Å². The molecule has 4 rings (SSSR count). The summed E-state index contributed by atoms with van der Waals surface area (Å²) >= 11 is 0. The zero-order valence-corrected chi connectivity index (χ0v) is 14.0. The lowest BCUT2D eigenvalue weighted by molar-refractivity contribution is 0.0751. The Hall–Kier alpha value is -2.49. The van der Waals surface area contributed by atoms with Crippen LogP contribution in [0.4, 0.5) is 5.82 Å².